The summed E-state index contributed by atoms with van der Waals surface area (Å²) < 4.78 is 13.8. The van der Waals surface area contributed by atoms with Gasteiger partial charge in [-0.05, 0) is 31.5 Å². The van der Waals surface area contributed by atoms with Crippen molar-refractivity contribution in [2.45, 2.75) is 25.0 Å². The van der Waals surface area contributed by atoms with Crippen LogP contribution in [0.2, 0.25) is 0 Å². The van der Waals surface area contributed by atoms with E-state index in [0.29, 0.717) is 30.6 Å². The Hall–Kier alpha value is -1.76. The van der Waals surface area contributed by atoms with Crippen molar-refractivity contribution in [2.24, 2.45) is 0 Å². The quantitative estimate of drug-likeness (QED) is 0.790. The molecule has 1 aliphatic rings. The summed E-state index contributed by atoms with van der Waals surface area (Å²) in [6.45, 7) is 1.22. The maximum atomic E-state index is 13.8. The molecular formula is C16H19FN2O3. The molecule has 2 aromatic rings. The normalized spacial score (nSPS) is 23.0. The third-order valence-electron chi connectivity index (χ3n) is 4.19. The minimum atomic E-state index is -1.10. The van der Waals surface area contributed by atoms with Gasteiger partial charge in [0.1, 0.15) is 11.4 Å². The second kappa shape index (κ2) is 5.79. The standard InChI is InChI=1S/C16H19FN2O3/c17-13-4-1-3-12-14(21)7-11(18-15(12)13)8-19-6-2-5-16(22,9-19)10-20/h1,3-4,7,20,22H,2,5-6,8-10H2,(H,18,21). The maximum absolute atomic E-state index is 13.8. The molecule has 22 heavy (non-hydrogen) atoms. The molecule has 2 heterocycles. The number of para-hydroxylation sites is 1. The number of H-pyrrole nitrogens is 1. The average molecular weight is 306 g/mol. The lowest BCUT2D eigenvalue weighted by Crippen LogP contribution is -2.50. The first kappa shape index (κ1) is 15.1. The van der Waals surface area contributed by atoms with Crippen LogP contribution in [-0.4, -0.2) is 45.4 Å². The lowest BCUT2D eigenvalue weighted by Gasteiger charge is -2.37. The Kier molecular flexibility index (Phi) is 3.99. The molecule has 0 aliphatic carbocycles. The SMILES string of the molecule is O=c1cc(CN2CCCC(O)(CO)C2)[nH]c2c(F)cccc12. The molecule has 0 amide bonds. The molecule has 0 spiro atoms. The van der Waals surface area contributed by atoms with Gasteiger partial charge in [-0.1, -0.05) is 6.07 Å². The molecule has 1 aromatic heterocycles. The number of likely N-dealkylation sites (tertiary alicyclic amines) is 1. The molecule has 0 radical (unpaired) electrons. The van der Waals surface area contributed by atoms with Crippen LogP contribution in [0.1, 0.15) is 18.5 Å². The van der Waals surface area contributed by atoms with Crippen LogP contribution in [0.4, 0.5) is 4.39 Å². The lowest BCUT2D eigenvalue weighted by atomic mass is 9.94. The lowest BCUT2D eigenvalue weighted by molar-refractivity contribution is -0.0689. The van der Waals surface area contributed by atoms with Gasteiger partial charge >= 0.3 is 0 Å². The first-order chi connectivity index (χ1) is 10.5. The van der Waals surface area contributed by atoms with E-state index < -0.39 is 11.4 Å². The Balaban J connectivity index is 1.88. The smallest absolute Gasteiger partial charge is 0.189 e. The highest BCUT2D eigenvalue weighted by Crippen LogP contribution is 2.22. The number of nitrogens with zero attached hydrogens (tertiary/aromatic N) is 1. The van der Waals surface area contributed by atoms with Gasteiger partial charge in [-0.25, -0.2) is 4.39 Å². The highest BCUT2D eigenvalue weighted by atomic mass is 19.1. The van der Waals surface area contributed by atoms with Gasteiger partial charge in [-0.3, -0.25) is 9.69 Å². The number of aromatic nitrogens is 1. The summed E-state index contributed by atoms with van der Waals surface area (Å²) in [5.74, 6) is -0.457. The van der Waals surface area contributed by atoms with Gasteiger partial charge in [0.25, 0.3) is 0 Å². The minimum Gasteiger partial charge on any atom is -0.393 e. The van der Waals surface area contributed by atoms with Crippen molar-refractivity contribution in [1.29, 1.82) is 0 Å². The summed E-state index contributed by atoms with van der Waals surface area (Å²) in [6, 6.07) is 5.88. The van der Waals surface area contributed by atoms with Crippen LogP contribution in [0.5, 0.6) is 0 Å². The zero-order valence-corrected chi connectivity index (χ0v) is 12.2. The number of fused-ring (bicyclic) bond motifs is 1. The van der Waals surface area contributed by atoms with Crippen LogP contribution in [0.15, 0.2) is 29.1 Å². The third kappa shape index (κ3) is 2.90. The molecule has 5 nitrogen and oxygen atoms in total. The summed E-state index contributed by atoms with van der Waals surface area (Å²) in [7, 11) is 0. The Labute approximate surface area is 127 Å². The Morgan fingerprint density at radius 1 is 1.41 bits per heavy atom. The van der Waals surface area contributed by atoms with Gasteiger partial charge in [0.2, 0.25) is 0 Å². The average Bonchev–Trinajstić information content (AvgIpc) is 2.49. The fourth-order valence-corrected chi connectivity index (χ4v) is 3.09. The molecular weight excluding hydrogens is 287 g/mol. The van der Waals surface area contributed by atoms with Gasteiger partial charge in [-0.15, -0.1) is 0 Å². The molecule has 3 N–H and O–H groups in total. The highest BCUT2D eigenvalue weighted by molar-refractivity contribution is 5.78. The summed E-state index contributed by atoms with van der Waals surface area (Å²) in [5.41, 5.74) is -0.511. The predicted octanol–water partition coefficient (Wildman–Crippen LogP) is 0.986. The first-order valence-corrected chi connectivity index (χ1v) is 7.37. The topological polar surface area (TPSA) is 76.6 Å². The number of aromatic amines is 1. The summed E-state index contributed by atoms with van der Waals surface area (Å²) in [5, 5.41) is 19.8. The number of nitrogens with one attached hydrogen (secondary N) is 1. The van der Waals surface area contributed by atoms with Crippen LogP contribution >= 0.6 is 0 Å². The number of pyridine rings is 1. The number of benzene rings is 1. The summed E-state index contributed by atoms with van der Waals surface area (Å²) in [6.07, 6.45) is 1.33. The molecule has 0 bridgehead atoms. The monoisotopic (exact) mass is 306 g/mol. The third-order valence-corrected chi connectivity index (χ3v) is 4.19. The fraction of sp³-hybridized carbons (Fsp3) is 0.438. The van der Waals surface area contributed by atoms with E-state index in [4.69, 9.17) is 0 Å². The van der Waals surface area contributed by atoms with Crippen LogP contribution in [0, 0.1) is 5.82 Å². The van der Waals surface area contributed by atoms with E-state index in [2.05, 4.69) is 4.98 Å². The van der Waals surface area contributed by atoms with Crippen molar-refractivity contribution in [3.63, 3.8) is 0 Å². The Morgan fingerprint density at radius 2 is 2.23 bits per heavy atom. The zero-order valence-electron chi connectivity index (χ0n) is 12.2. The van der Waals surface area contributed by atoms with E-state index in [0.717, 1.165) is 13.0 Å². The van der Waals surface area contributed by atoms with Crippen LogP contribution in [-0.2, 0) is 6.54 Å². The summed E-state index contributed by atoms with van der Waals surface area (Å²) in [4.78, 5) is 17.0. The van der Waals surface area contributed by atoms with Gasteiger partial charge < -0.3 is 15.2 Å². The van der Waals surface area contributed by atoms with Crippen molar-refractivity contribution in [3.8, 4) is 0 Å². The van der Waals surface area contributed by atoms with Crippen molar-refractivity contribution in [2.75, 3.05) is 19.7 Å². The van der Waals surface area contributed by atoms with Crippen LogP contribution < -0.4 is 5.43 Å². The largest absolute Gasteiger partial charge is 0.393 e. The van der Waals surface area contributed by atoms with E-state index in [1.165, 1.54) is 18.2 Å². The molecule has 1 saturated heterocycles. The second-order valence-electron chi connectivity index (χ2n) is 6.02. The number of aliphatic hydroxyl groups is 2. The van der Waals surface area contributed by atoms with E-state index in [-0.39, 0.29) is 17.6 Å². The van der Waals surface area contributed by atoms with E-state index in [1.54, 1.807) is 6.07 Å². The molecule has 0 saturated carbocycles. The number of piperidine rings is 1. The molecule has 1 atom stereocenters. The number of rotatable bonds is 3. The summed E-state index contributed by atoms with van der Waals surface area (Å²) >= 11 is 0. The Morgan fingerprint density at radius 3 is 3.00 bits per heavy atom. The molecule has 6 heteroatoms. The maximum Gasteiger partial charge on any atom is 0.189 e. The van der Waals surface area contributed by atoms with Crippen molar-refractivity contribution in [3.05, 3.63) is 46.0 Å². The number of hydrogen-bond acceptors (Lipinski definition) is 4. The second-order valence-corrected chi connectivity index (χ2v) is 6.02. The van der Waals surface area contributed by atoms with E-state index in [9.17, 15) is 19.4 Å². The van der Waals surface area contributed by atoms with Gasteiger partial charge in [-0.2, -0.15) is 0 Å². The van der Waals surface area contributed by atoms with Gasteiger partial charge in [0.15, 0.2) is 5.43 Å². The van der Waals surface area contributed by atoms with Crippen LogP contribution in [0.25, 0.3) is 10.9 Å². The molecule has 1 aromatic carbocycles. The van der Waals surface area contributed by atoms with Crippen molar-refractivity contribution < 1.29 is 14.6 Å². The van der Waals surface area contributed by atoms with E-state index in [1.807, 2.05) is 4.90 Å². The number of halogens is 1. The first-order valence-electron chi connectivity index (χ1n) is 7.37. The number of hydrogen-bond donors (Lipinski definition) is 3. The Bertz CT molecular complexity index is 746. The minimum absolute atomic E-state index is 0.208. The number of aliphatic hydroxyl groups excluding tert-OH is 1. The molecule has 3 rings (SSSR count). The van der Waals surface area contributed by atoms with Gasteiger partial charge in [0.05, 0.1) is 12.1 Å². The van der Waals surface area contributed by atoms with Crippen LogP contribution in [0.3, 0.4) is 0 Å². The van der Waals surface area contributed by atoms with Crippen molar-refractivity contribution >= 4 is 10.9 Å². The zero-order chi connectivity index (χ0) is 15.7. The molecule has 1 unspecified atom stereocenters. The van der Waals surface area contributed by atoms with Gasteiger partial charge in [0, 0.05) is 30.2 Å². The highest BCUT2D eigenvalue weighted by Gasteiger charge is 2.32. The van der Waals surface area contributed by atoms with Crippen molar-refractivity contribution in [1.82, 2.24) is 9.88 Å². The number of β-amino-alcohol motifs (C(OH)–C–C–N with tert-alkyl or cyclic N) is 1. The molecule has 1 fully saturated rings. The molecule has 1 aliphatic heterocycles. The fourth-order valence-electron chi connectivity index (χ4n) is 3.09. The predicted molar refractivity (Wildman–Crippen MR) is 81.1 cm³/mol. The molecule has 118 valence electrons. The van der Waals surface area contributed by atoms with E-state index >= 15 is 0 Å².